The van der Waals surface area contributed by atoms with Gasteiger partial charge in [-0.2, -0.15) is 0 Å². The number of nitrogens with zero attached hydrogens (tertiary/aromatic N) is 2. The van der Waals surface area contributed by atoms with E-state index in [1.807, 2.05) is 36.4 Å². The zero-order valence-corrected chi connectivity index (χ0v) is 16.9. The first-order chi connectivity index (χ1) is 13.3. The molecule has 0 unspecified atom stereocenters. The molecule has 1 N–H and O–H groups in total. The van der Waals surface area contributed by atoms with Crippen molar-refractivity contribution in [1.82, 2.24) is 9.80 Å². The van der Waals surface area contributed by atoms with Gasteiger partial charge < -0.3 is 10.0 Å². The van der Waals surface area contributed by atoms with E-state index in [2.05, 4.69) is 4.90 Å². The first kappa shape index (κ1) is 20.4. The molecule has 2 aromatic rings. The van der Waals surface area contributed by atoms with Crippen LogP contribution in [0, 0.1) is 0 Å². The summed E-state index contributed by atoms with van der Waals surface area (Å²) in [6.45, 7) is 2.78. The zero-order chi connectivity index (χ0) is 20.1. The van der Waals surface area contributed by atoms with E-state index in [-0.39, 0.29) is 17.4 Å². The Morgan fingerprint density at radius 2 is 1.68 bits per heavy atom. The van der Waals surface area contributed by atoms with Crippen LogP contribution in [0.3, 0.4) is 0 Å². The van der Waals surface area contributed by atoms with Crippen LogP contribution in [-0.4, -0.2) is 74.0 Å². The Balaban J connectivity index is 1.63. The molecule has 0 aromatic heterocycles. The molecule has 1 heterocycles. The van der Waals surface area contributed by atoms with Crippen molar-refractivity contribution in [2.75, 3.05) is 44.7 Å². The van der Waals surface area contributed by atoms with Crippen molar-refractivity contribution < 1.29 is 18.3 Å². The minimum absolute atomic E-state index is 0.0127. The van der Waals surface area contributed by atoms with Gasteiger partial charge in [-0.1, -0.05) is 36.4 Å². The van der Waals surface area contributed by atoms with Gasteiger partial charge in [-0.3, -0.25) is 9.69 Å². The summed E-state index contributed by atoms with van der Waals surface area (Å²) in [5.74, 6) is -0.0695. The summed E-state index contributed by atoms with van der Waals surface area (Å²) >= 11 is 0. The van der Waals surface area contributed by atoms with Crippen LogP contribution in [0.1, 0.15) is 21.5 Å². The highest BCUT2D eigenvalue weighted by Gasteiger charge is 2.24. The number of phenols is 1. The van der Waals surface area contributed by atoms with Crippen molar-refractivity contribution in [2.24, 2.45) is 0 Å². The van der Waals surface area contributed by atoms with Crippen LogP contribution >= 0.6 is 0 Å². The molecule has 1 aliphatic rings. The van der Waals surface area contributed by atoms with Gasteiger partial charge in [0.05, 0.1) is 11.3 Å². The Hall–Kier alpha value is -2.38. The number of amides is 1. The highest BCUT2D eigenvalue weighted by Crippen LogP contribution is 2.23. The second kappa shape index (κ2) is 8.75. The Bertz CT molecular complexity index is 921. The molecule has 0 saturated carbocycles. The number of benzene rings is 2. The van der Waals surface area contributed by atoms with Crippen LogP contribution in [0.25, 0.3) is 0 Å². The number of aromatic hydroxyl groups is 1. The van der Waals surface area contributed by atoms with Crippen LogP contribution in [-0.2, 0) is 16.3 Å². The highest BCUT2D eigenvalue weighted by atomic mass is 32.2. The fourth-order valence-corrected chi connectivity index (χ4v) is 3.93. The lowest BCUT2D eigenvalue weighted by atomic mass is 10.0. The van der Waals surface area contributed by atoms with Gasteiger partial charge in [0, 0.05) is 39.0 Å². The molecule has 28 heavy (non-hydrogen) atoms. The molecule has 0 bridgehead atoms. The van der Waals surface area contributed by atoms with E-state index < -0.39 is 9.84 Å². The van der Waals surface area contributed by atoms with Gasteiger partial charge >= 0.3 is 0 Å². The van der Waals surface area contributed by atoms with E-state index in [9.17, 15) is 18.3 Å². The summed E-state index contributed by atoms with van der Waals surface area (Å²) in [5.41, 5.74) is 2.43. The molecule has 1 amide bonds. The standard InChI is InChI=1S/C21H26N2O4S/c1-28(26,27)14-13-22-9-11-23(12-10-22)21(25)19-16-18(7-8-20(19)24)15-17-5-3-2-4-6-17/h2-8,16,24H,9-15H2,1H3. The first-order valence-electron chi connectivity index (χ1n) is 9.37. The van der Waals surface area contributed by atoms with Crippen molar-refractivity contribution in [3.05, 3.63) is 65.2 Å². The number of phenolic OH excluding ortho intramolecular Hbond substituents is 1. The number of hydrogen-bond donors (Lipinski definition) is 1. The van der Waals surface area contributed by atoms with Gasteiger partial charge in [-0.25, -0.2) is 8.42 Å². The summed E-state index contributed by atoms with van der Waals surface area (Å²) in [7, 11) is -2.99. The molecule has 6 nitrogen and oxygen atoms in total. The third-order valence-corrected chi connectivity index (χ3v) is 5.90. The Labute approximate surface area is 166 Å². The topological polar surface area (TPSA) is 77.9 Å². The van der Waals surface area contributed by atoms with Crippen molar-refractivity contribution in [2.45, 2.75) is 6.42 Å². The van der Waals surface area contributed by atoms with Gasteiger partial charge in [-0.15, -0.1) is 0 Å². The number of carbonyl (C=O) groups is 1. The minimum atomic E-state index is -2.99. The van der Waals surface area contributed by atoms with Crippen molar-refractivity contribution in [3.8, 4) is 5.75 Å². The largest absolute Gasteiger partial charge is 0.507 e. The number of rotatable bonds is 6. The van der Waals surface area contributed by atoms with E-state index in [0.717, 1.165) is 11.1 Å². The number of hydrogen-bond acceptors (Lipinski definition) is 5. The molecule has 1 saturated heterocycles. The predicted octanol–water partition coefficient (Wildman–Crippen LogP) is 1.79. The molecular formula is C21H26N2O4S. The van der Waals surface area contributed by atoms with E-state index in [1.165, 1.54) is 6.26 Å². The number of piperazine rings is 1. The summed E-state index contributed by atoms with van der Waals surface area (Å²) in [5, 5.41) is 10.2. The van der Waals surface area contributed by atoms with Crippen LogP contribution in [0.4, 0.5) is 0 Å². The van der Waals surface area contributed by atoms with Gasteiger partial charge in [-0.05, 0) is 29.7 Å². The Morgan fingerprint density at radius 3 is 2.32 bits per heavy atom. The SMILES string of the molecule is CS(=O)(=O)CCN1CCN(C(=O)c2cc(Cc3ccccc3)ccc2O)CC1. The Morgan fingerprint density at radius 1 is 1.00 bits per heavy atom. The van der Waals surface area contributed by atoms with Crippen molar-refractivity contribution in [1.29, 1.82) is 0 Å². The van der Waals surface area contributed by atoms with Crippen molar-refractivity contribution in [3.63, 3.8) is 0 Å². The lowest BCUT2D eigenvalue weighted by Crippen LogP contribution is -2.49. The monoisotopic (exact) mass is 402 g/mol. The summed E-state index contributed by atoms with van der Waals surface area (Å²) in [6, 6.07) is 15.2. The van der Waals surface area contributed by atoms with Crippen LogP contribution in [0.2, 0.25) is 0 Å². The molecule has 1 fully saturated rings. The van der Waals surface area contributed by atoms with Gasteiger partial charge in [0.2, 0.25) is 0 Å². The molecule has 0 radical (unpaired) electrons. The summed E-state index contributed by atoms with van der Waals surface area (Å²) in [6.07, 6.45) is 1.93. The smallest absolute Gasteiger partial charge is 0.257 e. The van der Waals surface area contributed by atoms with Crippen molar-refractivity contribution >= 4 is 15.7 Å². The lowest BCUT2D eigenvalue weighted by Gasteiger charge is -2.34. The third kappa shape index (κ3) is 5.56. The summed E-state index contributed by atoms with van der Waals surface area (Å²) < 4.78 is 22.6. The molecular weight excluding hydrogens is 376 g/mol. The van der Waals surface area contributed by atoms with Gasteiger partial charge in [0.1, 0.15) is 15.6 Å². The molecule has 150 valence electrons. The lowest BCUT2D eigenvalue weighted by molar-refractivity contribution is 0.0641. The average Bonchev–Trinajstić information content (AvgIpc) is 2.68. The summed E-state index contributed by atoms with van der Waals surface area (Å²) in [4.78, 5) is 16.7. The van der Waals surface area contributed by atoms with Gasteiger partial charge in [0.25, 0.3) is 5.91 Å². The maximum atomic E-state index is 12.9. The number of carbonyl (C=O) groups excluding carboxylic acids is 1. The normalized spacial score (nSPS) is 15.5. The second-order valence-electron chi connectivity index (χ2n) is 7.28. The molecule has 1 aliphatic heterocycles. The van der Waals surface area contributed by atoms with Gasteiger partial charge in [0.15, 0.2) is 0 Å². The molecule has 0 spiro atoms. The molecule has 0 atom stereocenters. The highest BCUT2D eigenvalue weighted by molar-refractivity contribution is 7.90. The molecule has 7 heteroatoms. The molecule has 2 aromatic carbocycles. The quantitative estimate of drug-likeness (QED) is 0.797. The fourth-order valence-electron chi connectivity index (χ4n) is 3.34. The Kier molecular flexibility index (Phi) is 6.36. The average molecular weight is 403 g/mol. The molecule has 0 aliphatic carbocycles. The minimum Gasteiger partial charge on any atom is -0.507 e. The van der Waals surface area contributed by atoms with Crippen LogP contribution in [0.5, 0.6) is 5.75 Å². The third-order valence-electron chi connectivity index (χ3n) is 4.98. The maximum absolute atomic E-state index is 12.9. The van der Waals surface area contributed by atoms with Crippen LogP contribution in [0.15, 0.2) is 48.5 Å². The first-order valence-corrected chi connectivity index (χ1v) is 11.4. The van der Waals surface area contributed by atoms with E-state index >= 15 is 0 Å². The van der Waals surface area contributed by atoms with Crippen LogP contribution < -0.4 is 0 Å². The fraction of sp³-hybridized carbons (Fsp3) is 0.381. The number of sulfone groups is 1. The van der Waals surface area contributed by atoms with E-state index in [0.29, 0.717) is 44.7 Å². The molecule has 3 rings (SSSR count). The van der Waals surface area contributed by atoms with E-state index in [1.54, 1.807) is 17.0 Å². The second-order valence-corrected chi connectivity index (χ2v) is 9.54. The zero-order valence-electron chi connectivity index (χ0n) is 16.0. The van der Waals surface area contributed by atoms with E-state index in [4.69, 9.17) is 0 Å². The predicted molar refractivity (Wildman–Crippen MR) is 109 cm³/mol. The maximum Gasteiger partial charge on any atom is 0.257 e.